The highest BCUT2D eigenvalue weighted by Crippen LogP contribution is 2.61. The molecule has 5 heteroatoms. The van der Waals surface area contributed by atoms with Crippen molar-refractivity contribution in [2.45, 2.75) is 51.5 Å². The number of hydrogen-bond donors (Lipinski definition) is 1. The fraction of sp³-hybridized carbons (Fsp3) is 0.652. The van der Waals surface area contributed by atoms with Crippen molar-refractivity contribution in [1.82, 2.24) is 5.32 Å². The molecule has 0 aliphatic heterocycles. The van der Waals surface area contributed by atoms with Crippen LogP contribution in [0.2, 0.25) is 0 Å². The predicted molar refractivity (Wildman–Crippen MR) is 109 cm³/mol. The van der Waals surface area contributed by atoms with Gasteiger partial charge in [-0.05, 0) is 92.9 Å². The maximum absolute atomic E-state index is 12.4. The molecule has 4 aliphatic carbocycles. The molecular weight excluding hydrogens is 352 g/mol. The van der Waals surface area contributed by atoms with E-state index in [0.29, 0.717) is 5.56 Å². The Balaban J connectivity index is 1.29. The highest BCUT2D eigenvalue weighted by molar-refractivity contribution is 5.91. The van der Waals surface area contributed by atoms with Gasteiger partial charge in [0.2, 0.25) is 0 Å². The van der Waals surface area contributed by atoms with Gasteiger partial charge in [0.15, 0.2) is 6.61 Å². The van der Waals surface area contributed by atoms with Gasteiger partial charge in [0.1, 0.15) is 0 Å². The van der Waals surface area contributed by atoms with E-state index in [9.17, 15) is 9.59 Å². The van der Waals surface area contributed by atoms with Gasteiger partial charge in [0.25, 0.3) is 5.91 Å². The van der Waals surface area contributed by atoms with Gasteiger partial charge < -0.3 is 15.0 Å². The first-order valence-electron chi connectivity index (χ1n) is 10.6. The molecule has 1 aromatic carbocycles. The maximum Gasteiger partial charge on any atom is 0.338 e. The zero-order valence-corrected chi connectivity index (χ0v) is 17.2. The van der Waals surface area contributed by atoms with Crippen LogP contribution in [-0.4, -0.2) is 38.6 Å². The maximum atomic E-state index is 12.4. The summed E-state index contributed by atoms with van der Waals surface area (Å²) in [5, 5.41) is 3.14. The van der Waals surface area contributed by atoms with E-state index in [1.807, 2.05) is 31.1 Å². The van der Waals surface area contributed by atoms with Crippen LogP contribution in [0, 0.1) is 23.2 Å². The lowest BCUT2D eigenvalue weighted by Crippen LogP contribution is -2.56. The fourth-order valence-electron chi connectivity index (χ4n) is 6.25. The smallest absolute Gasteiger partial charge is 0.338 e. The summed E-state index contributed by atoms with van der Waals surface area (Å²) in [6.07, 6.45) is 7.92. The second kappa shape index (κ2) is 7.41. The third kappa shape index (κ3) is 3.76. The molecule has 0 heterocycles. The van der Waals surface area contributed by atoms with Gasteiger partial charge in [-0.2, -0.15) is 0 Å². The first-order chi connectivity index (χ1) is 13.3. The largest absolute Gasteiger partial charge is 0.452 e. The minimum atomic E-state index is -0.456. The molecule has 4 fully saturated rings. The number of nitrogens with zero attached hydrogens (tertiary/aromatic N) is 1. The second-order valence-corrected chi connectivity index (χ2v) is 9.59. The number of hydrogen-bond acceptors (Lipinski definition) is 4. The Morgan fingerprint density at radius 2 is 1.61 bits per heavy atom. The molecule has 4 aliphatic rings. The van der Waals surface area contributed by atoms with Crippen molar-refractivity contribution in [1.29, 1.82) is 0 Å². The number of anilines is 1. The highest BCUT2D eigenvalue weighted by atomic mass is 16.5. The summed E-state index contributed by atoms with van der Waals surface area (Å²) < 4.78 is 5.25. The molecule has 0 radical (unpaired) electrons. The van der Waals surface area contributed by atoms with Crippen molar-refractivity contribution in [3.63, 3.8) is 0 Å². The summed E-state index contributed by atoms with van der Waals surface area (Å²) in [7, 11) is 3.89. The summed E-state index contributed by atoms with van der Waals surface area (Å²) in [5.74, 6) is 1.92. The standard InChI is InChI=1S/C23H32N2O3/c1-15(23-11-16-8-17(12-23)10-18(9-16)13-23)24-21(26)14-28-22(27)19-4-6-20(7-5-19)25(2)3/h4-7,15-18H,8-14H2,1-3H3,(H,24,26)/t15-,16?,17?,18?,23?/m0/s1. The van der Waals surface area contributed by atoms with Gasteiger partial charge in [0, 0.05) is 25.8 Å². The van der Waals surface area contributed by atoms with Gasteiger partial charge in [0.05, 0.1) is 5.56 Å². The van der Waals surface area contributed by atoms with Crippen LogP contribution in [0.3, 0.4) is 0 Å². The number of benzene rings is 1. The molecule has 5 nitrogen and oxygen atoms in total. The molecule has 0 aromatic heterocycles. The quantitative estimate of drug-likeness (QED) is 0.761. The Morgan fingerprint density at radius 3 is 2.11 bits per heavy atom. The van der Waals surface area contributed by atoms with Crippen LogP contribution < -0.4 is 10.2 Å². The third-order valence-corrected chi connectivity index (χ3v) is 7.34. The number of amides is 1. The van der Waals surface area contributed by atoms with E-state index >= 15 is 0 Å². The van der Waals surface area contributed by atoms with Crippen molar-refractivity contribution in [3.8, 4) is 0 Å². The summed E-state index contributed by atoms with van der Waals surface area (Å²) in [6.45, 7) is 1.93. The Morgan fingerprint density at radius 1 is 1.07 bits per heavy atom. The molecular formula is C23H32N2O3. The molecule has 1 atom stereocenters. The molecule has 152 valence electrons. The van der Waals surface area contributed by atoms with Crippen molar-refractivity contribution in [2.24, 2.45) is 23.2 Å². The van der Waals surface area contributed by atoms with Crippen molar-refractivity contribution in [3.05, 3.63) is 29.8 Å². The monoisotopic (exact) mass is 384 g/mol. The van der Waals surface area contributed by atoms with E-state index in [-0.39, 0.29) is 24.0 Å². The lowest BCUT2D eigenvalue weighted by atomic mass is 9.48. The van der Waals surface area contributed by atoms with Crippen LogP contribution in [0.4, 0.5) is 5.69 Å². The Bertz CT molecular complexity index is 705. The Hall–Kier alpha value is -2.04. The molecule has 0 saturated heterocycles. The minimum Gasteiger partial charge on any atom is -0.452 e. The molecule has 4 saturated carbocycles. The van der Waals surface area contributed by atoms with Gasteiger partial charge in [-0.3, -0.25) is 4.79 Å². The topological polar surface area (TPSA) is 58.6 Å². The van der Waals surface area contributed by atoms with Crippen LogP contribution in [0.15, 0.2) is 24.3 Å². The number of nitrogens with one attached hydrogen (secondary N) is 1. The normalized spacial score (nSPS) is 31.3. The molecule has 1 aromatic rings. The lowest BCUT2D eigenvalue weighted by Gasteiger charge is -2.59. The van der Waals surface area contributed by atoms with E-state index in [2.05, 4.69) is 12.2 Å². The highest BCUT2D eigenvalue weighted by Gasteiger charge is 2.53. The average molecular weight is 385 g/mol. The molecule has 28 heavy (non-hydrogen) atoms. The molecule has 0 spiro atoms. The van der Waals surface area contributed by atoms with Gasteiger partial charge in [-0.25, -0.2) is 4.79 Å². The van der Waals surface area contributed by atoms with Crippen molar-refractivity contribution >= 4 is 17.6 Å². The predicted octanol–water partition coefficient (Wildman–Crippen LogP) is 3.63. The van der Waals surface area contributed by atoms with E-state index in [1.165, 1.54) is 38.5 Å². The van der Waals surface area contributed by atoms with E-state index < -0.39 is 5.97 Å². The molecule has 4 bridgehead atoms. The fourth-order valence-corrected chi connectivity index (χ4v) is 6.25. The van der Waals surface area contributed by atoms with Crippen LogP contribution in [-0.2, 0) is 9.53 Å². The number of rotatable bonds is 6. The number of carbonyl (C=O) groups is 2. The Labute approximate surface area is 167 Å². The summed E-state index contributed by atoms with van der Waals surface area (Å²) >= 11 is 0. The molecule has 0 unspecified atom stereocenters. The molecule has 5 rings (SSSR count). The summed E-state index contributed by atoms with van der Waals surface area (Å²) in [5.41, 5.74) is 1.74. The van der Waals surface area contributed by atoms with Gasteiger partial charge in [-0.1, -0.05) is 0 Å². The summed E-state index contributed by atoms with van der Waals surface area (Å²) in [4.78, 5) is 26.6. The van der Waals surface area contributed by atoms with E-state index in [4.69, 9.17) is 4.74 Å². The van der Waals surface area contributed by atoms with Crippen LogP contribution in [0.1, 0.15) is 55.8 Å². The van der Waals surface area contributed by atoms with Crippen LogP contribution in [0.25, 0.3) is 0 Å². The molecule has 1 amide bonds. The Kier molecular flexibility index (Phi) is 5.11. The lowest BCUT2D eigenvalue weighted by molar-refractivity contribution is -0.128. The first kappa shape index (κ1) is 19.3. The zero-order chi connectivity index (χ0) is 19.9. The first-order valence-corrected chi connectivity index (χ1v) is 10.6. The van der Waals surface area contributed by atoms with Gasteiger partial charge >= 0.3 is 5.97 Å². The third-order valence-electron chi connectivity index (χ3n) is 7.34. The number of carbonyl (C=O) groups excluding carboxylic acids is 2. The van der Waals surface area contributed by atoms with E-state index in [0.717, 1.165) is 23.4 Å². The zero-order valence-electron chi connectivity index (χ0n) is 17.2. The van der Waals surface area contributed by atoms with E-state index in [1.54, 1.807) is 12.1 Å². The number of esters is 1. The van der Waals surface area contributed by atoms with Crippen LogP contribution >= 0.6 is 0 Å². The van der Waals surface area contributed by atoms with Crippen LogP contribution in [0.5, 0.6) is 0 Å². The molecule has 1 N–H and O–H groups in total. The number of ether oxygens (including phenoxy) is 1. The second-order valence-electron chi connectivity index (χ2n) is 9.59. The van der Waals surface area contributed by atoms with Gasteiger partial charge in [-0.15, -0.1) is 0 Å². The van der Waals surface area contributed by atoms with Crippen molar-refractivity contribution in [2.75, 3.05) is 25.6 Å². The minimum absolute atomic E-state index is 0.145. The van der Waals surface area contributed by atoms with Crippen molar-refractivity contribution < 1.29 is 14.3 Å². The average Bonchev–Trinajstić information content (AvgIpc) is 2.65. The summed E-state index contributed by atoms with van der Waals surface area (Å²) in [6, 6.07) is 7.34. The SMILES string of the molecule is C[C@H](NC(=O)COC(=O)c1ccc(N(C)C)cc1)C12CC3CC(CC(C3)C1)C2.